The monoisotopic (exact) mass is 172 g/mol. The molecule has 1 N–H and O–H groups in total. The van der Waals surface area contributed by atoms with Crippen molar-refractivity contribution in [3.63, 3.8) is 0 Å². The van der Waals surface area contributed by atoms with Crippen LogP contribution in [0.4, 0.5) is 0 Å². The molecule has 0 spiro atoms. The summed E-state index contributed by atoms with van der Waals surface area (Å²) in [4.78, 5) is 0. The smallest absolute Gasteiger partial charge is 0.0724 e. The normalized spacial score (nSPS) is 11.5. The van der Waals surface area contributed by atoms with Crippen molar-refractivity contribution in [2.45, 2.75) is 39.9 Å². The van der Waals surface area contributed by atoms with Crippen molar-refractivity contribution in [1.29, 1.82) is 0 Å². The van der Waals surface area contributed by atoms with Crippen LogP contribution in [0, 0.1) is 0 Å². The van der Waals surface area contributed by atoms with Gasteiger partial charge in [0.1, 0.15) is 0 Å². The molecule has 0 heterocycles. The van der Waals surface area contributed by atoms with Crippen molar-refractivity contribution >= 4 is 8.07 Å². The van der Waals surface area contributed by atoms with E-state index < -0.39 is 8.07 Å². The van der Waals surface area contributed by atoms with Gasteiger partial charge in [0, 0.05) is 6.61 Å². The van der Waals surface area contributed by atoms with Crippen molar-refractivity contribution in [2.75, 3.05) is 6.61 Å². The summed E-state index contributed by atoms with van der Waals surface area (Å²) < 4.78 is 0. The Morgan fingerprint density at radius 2 is 1.64 bits per heavy atom. The maximum Gasteiger partial charge on any atom is 0.0724 e. The Kier molecular flexibility index (Phi) is 4.04. The molecule has 0 rings (SSSR count). The van der Waals surface area contributed by atoms with E-state index in [9.17, 15) is 0 Å². The zero-order chi connectivity index (χ0) is 9.07. The van der Waals surface area contributed by atoms with E-state index in [2.05, 4.69) is 33.5 Å². The van der Waals surface area contributed by atoms with Gasteiger partial charge in [-0.3, -0.25) is 0 Å². The Morgan fingerprint density at radius 1 is 1.18 bits per heavy atom. The molecule has 0 bridgehead atoms. The van der Waals surface area contributed by atoms with Gasteiger partial charge in [-0.2, -0.15) is 0 Å². The summed E-state index contributed by atoms with van der Waals surface area (Å²) in [5.74, 6) is 0. The van der Waals surface area contributed by atoms with Crippen molar-refractivity contribution in [3.8, 4) is 0 Å². The van der Waals surface area contributed by atoms with Gasteiger partial charge in [0.25, 0.3) is 0 Å². The van der Waals surface area contributed by atoms with E-state index >= 15 is 0 Å². The van der Waals surface area contributed by atoms with Crippen LogP contribution >= 0.6 is 0 Å². The average Bonchev–Trinajstić information content (AvgIpc) is 1.79. The van der Waals surface area contributed by atoms with E-state index in [-0.39, 0.29) is 0 Å². The van der Waals surface area contributed by atoms with Crippen LogP contribution in [0.25, 0.3) is 0 Å². The number of hydrogen-bond donors (Lipinski definition) is 1. The number of hydrogen-bond acceptors (Lipinski definition) is 1. The first kappa shape index (κ1) is 10.9. The van der Waals surface area contributed by atoms with Crippen molar-refractivity contribution in [1.82, 2.24) is 0 Å². The van der Waals surface area contributed by atoms with Gasteiger partial charge in [0.2, 0.25) is 0 Å². The van der Waals surface area contributed by atoms with Crippen LogP contribution in [0.15, 0.2) is 10.8 Å². The summed E-state index contributed by atoms with van der Waals surface area (Å²) in [6.07, 6.45) is 0.873. The zero-order valence-corrected chi connectivity index (χ0v) is 9.36. The molecular formula is C9H20OSi. The Hall–Kier alpha value is -0.0831. The van der Waals surface area contributed by atoms with Crippen LogP contribution in [0.2, 0.25) is 19.6 Å². The molecule has 0 aliphatic carbocycles. The third-order valence-corrected chi connectivity index (χ3v) is 4.43. The fraction of sp³-hybridized carbons (Fsp3) is 0.778. The van der Waals surface area contributed by atoms with Crippen LogP contribution in [-0.2, 0) is 0 Å². The van der Waals surface area contributed by atoms with E-state index in [0.717, 1.165) is 6.42 Å². The summed E-state index contributed by atoms with van der Waals surface area (Å²) in [6.45, 7) is 11.6. The van der Waals surface area contributed by atoms with Crippen LogP contribution in [0.5, 0.6) is 0 Å². The number of aliphatic hydroxyl groups is 1. The van der Waals surface area contributed by atoms with E-state index in [1.54, 1.807) is 0 Å². The molecular weight excluding hydrogens is 152 g/mol. The molecule has 0 radical (unpaired) electrons. The van der Waals surface area contributed by atoms with Gasteiger partial charge in [0.05, 0.1) is 8.07 Å². The summed E-state index contributed by atoms with van der Waals surface area (Å²) in [5, 5.41) is 10.4. The molecule has 0 saturated heterocycles. The molecule has 0 atom stereocenters. The number of rotatable bonds is 3. The second kappa shape index (κ2) is 4.07. The molecule has 0 aromatic heterocycles. The van der Waals surface area contributed by atoms with E-state index in [0.29, 0.717) is 6.61 Å². The molecule has 0 fully saturated rings. The molecule has 0 aliphatic heterocycles. The average molecular weight is 172 g/mol. The summed E-state index contributed by atoms with van der Waals surface area (Å²) in [6, 6.07) is 0. The molecule has 0 aromatic rings. The zero-order valence-electron chi connectivity index (χ0n) is 8.36. The van der Waals surface area contributed by atoms with Gasteiger partial charge >= 0.3 is 0 Å². The highest BCUT2D eigenvalue weighted by Crippen LogP contribution is 2.21. The summed E-state index contributed by atoms with van der Waals surface area (Å²) in [5.41, 5.74) is 1.40. The Morgan fingerprint density at radius 3 is 1.73 bits per heavy atom. The van der Waals surface area contributed by atoms with E-state index in [1.807, 2.05) is 0 Å². The van der Waals surface area contributed by atoms with Gasteiger partial charge in [-0.05, 0) is 20.3 Å². The largest absolute Gasteiger partial charge is 0.396 e. The maximum absolute atomic E-state index is 8.84. The molecule has 0 aromatic carbocycles. The lowest BCUT2D eigenvalue weighted by Crippen LogP contribution is -2.25. The first-order valence-electron chi connectivity index (χ1n) is 4.17. The molecule has 0 unspecified atom stereocenters. The summed E-state index contributed by atoms with van der Waals surface area (Å²) >= 11 is 0. The highest BCUT2D eigenvalue weighted by Gasteiger charge is 2.19. The van der Waals surface area contributed by atoms with Crippen LogP contribution in [0.3, 0.4) is 0 Å². The third-order valence-electron chi connectivity index (χ3n) is 1.87. The maximum atomic E-state index is 8.84. The Labute approximate surface area is 71.1 Å². The van der Waals surface area contributed by atoms with Crippen molar-refractivity contribution < 1.29 is 5.11 Å². The number of allylic oxidation sites excluding steroid dienone is 1. The minimum atomic E-state index is -1.15. The standard InChI is InChI=1S/C9H20OSi/c1-8(2)9(6-7-10)11(3,4)5/h10H,6-7H2,1-5H3. The van der Waals surface area contributed by atoms with Gasteiger partial charge in [-0.15, -0.1) is 0 Å². The van der Waals surface area contributed by atoms with Crippen molar-refractivity contribution in [3.05, 3.63) is 10.8 Å². The highest BCUT2D eigenvalue weighted by molar-refractivity contribution is 6.83. The number of aliphatic hydroxyl groups excluding tert-OH is 1. The molecule has 1 nitrogen and oxygen atoms in total. The highest BCUT2D eigenvalue weighted by atomic mass is 28.3. The second-order valence-electron chi connectivity index (χ2n) is 4.20. The second-order valence-corrected chi connectivity index (χ2v) is 9.31. The SMILES string of the molecule is CC(C)=C(CCO)[Si](C)(C)C. The quantitative estimate of drug-likeness (QED) is 0.649. The minimum Gasteiger partial charge on any atom is -0.396 e. The first-order valence-corrected chi connectivity index (χ1v) is 7.67. The van der Waals surface area contributed by atoms with Gasteiger partial charge in [-0.25, -0.2) is 0 Å². The third kappa shape index (κ3) is 3.73. The topological polar surface area (TPSA) is 20.2 Å². The van der Waals surface area contributed by atoms with Crippen LogP contribution in [0.1, 0.15) is 20.3 Å². The van der Waals surface area contributed by atoms with Gasteiger partial charge in [0.15, 0.2) is 0 Å². The minimum absolute atomic E-state index is 0.296. The van der Waals surface area contributed by atoms with Crippen LogP contribution in [-0.4, -0.2) is 19.8 Å². The molecule has 0 saturated carbocycles. The lowest BCUT2D eigenvalue weighted by Gasteiger charge is -2.22. The van der Waals surface area contributed by atoms with E-state index in [1.165, 1.54) is 10.8 Å². The fourth-order valence-corrected chi connectivity index (χ4v) is 3.85. The van der Waals surface area contributed by atoms with Crippen molar-refractivity contribution in [2.24, 2.45) is 0 Å². The fourth-order valence-electron chi connectivity index (χ4n) is 1.49. The molecule has 66 valence electrons. The molecule has 0 aliphatic rings. The lowest BCUT2D eigenvalue weighted by molar-refractivity contribution is 0.300. The Bertz CT molecular complexity index is 149. The predicted molar refractivity (Wildman–Crippen MR) is 53.4 cm³/mol. The molecule has 0 amide bonds. The predicted octanol–water partition coefficient (Wildman–Crippen LogP) is 2.58. The molecule has 11 heavy (non-hydrogen) atoms. The Balaban J connectivity index is 4.50. The molecule has 2 heteroatoms. The van der Waals surface area contributed by atoms with Crippen LogP contribution < -0.4 is 0 Å². The van der Waals surface area contributed by atoms with E-state index in [4.69, 9.17) is 5.11 Å². The lowest BCUT2D eigenvalue weighted by atomic mass is 10.3. The summed E-state index contributed by atoms with van der Waals surface area (Å²) in [7, 11) is -1.15. The van der Waals surface area contributed by atoms with Gasteiger partial charge < -0.3 is 5.11 Å². The van der Waals surface area contributed by atoms with Gasteiger partial charge in [-0.1, -0.05) is 30.4 Å². The first-order chi connectivity index (χ1) is 4.89.